The highest BCUT2D eigenvalue weighted by Crippen LogP contribution is 2.26. The smallest absolute Gasteiger partial charge is 0.328 e. The Morgan fingerprint density at radius 2 is 1.39 bits per heavy atom. The monoisotopic (exact) mass is 410 g/mol. The first-order chi connectivity index (χ1) is 13.1. The van der Waals surface area contributed by atoms with Crippen molar-refractivity contribution >= 4 is 29.4 Å². The highest BCUT2D eigenvalue weighted by Gasteiger charge is 2.32. The maximum atomic E-state index is 12.6. The summed E-state index contributed by atoms with van der Waals surface area (Å²) < 4.78 is 0. The van der Waals surface area contributed by atoms with E-state index in [9.17, 15) is 14.4 Å². The minimum absolute atomic E-state index is 0.0837. The Hall–Kier alpha value is -2.38. The van der Waals surface area contributed by atoms with Crippen LogP contribution < -0.4 is 0 Å². The minimum Gasteiger partial charge on any atom is -0.478 e. The predicted molar refractivity (Wildman–Crippen MR) is 108 cm³/mol. The molecule has 1 amide bonds. The number of carbonyl (C=O) groups is 3. The summed E-state index contributed by atoms with van der Waals surface area (Å²) in [5, 5.41) is 16.3. The molecule has 0 spiro atoms. The van der Waals surface area contributed by atoms with Crippen molar-refractivity contribution in [3.63, 3.8) is 0 Å². The van der Waals surface area contributed by atoms with E-state index in [0.717, 1.165) is 12.8 Å². The molecule has 154 valence electrons. The largest absolute Gasteiger partial charge is 0.478 e. The van der Waals surface area contributed by atoms with Crippen LogP contribution in [-0.2, 0) is 9.59 Å². The van der Waals surface area contributed by atoms with Crippen molar-refractivity contribution in [3.8, 4) is 0 Å². The molecular formula is C20H27ClN2O5. The third-order valence-electron chi connectivity index (χ3n) is 4.63. The molecule has 0 bridgehead atoms. The Morgan fingerprint density at radius 3 is 1.82 bits per heavy atom. The molecule has 2 unspecified atom stereocenters. The van der Waals surface area contributed by atoms with E-state index in [1.807, 2.05) is 11.9 Å². The zero-order chi connectivity index (χ0) is 21.3. The van der Waals surface area contributed by atoms with Gasteiger partial charge in [0.1, 0.15) is 0 Å². The lowest BCUT2D eigenvalue weighted by molar-refractivity contribution is -0.134. The first-order valence-electron chi connectivity index (χ1n) is 8.96. The second-order valence-corrected chi connectivity index (χ2v) is 7.25. The van der Waals surface area contributed by atoms with Gasteiger partial charge in [0.05, 0.1) is 0 Å². The Balaban J connectivity index is 0.000000416. The van der Waals surface area contributed by atoms with Crippen LogP contribution in [-0.4, -0.2) is 71.1 Å². The van der Waals surface area contributed by atoms with Crippen LogP contribution >= 0.6 is 11.6 Å². The molecule has 1 aromatic rings. The van der Waals surface area contributed by atoms with E-state index in [1.165, 1.54) is 12.8 Å². The molecule has 2 atom stereocenters. The number of benzene rings is 1. The van der Waals surface area contributed by atoms with Gasteiger partial charge in [-0.25, -0.2) is 9.59 Å². The maximum absolute atomic E-state index is 12.6. The van der Waals surface area contributed by atoms with Crippen LogP contribution in [0.2, 0.25) is 5.02 Å². The highest BCUT2D eigenvalue weighted by molar-refractivity contribution is 6.30. The molecule has 1 aromatic carbocycles. The quantitative estimate of drug-likeness (QED) is 0.724. The highest BCUT2D eigenvalue weighted by atomic mass is 35.5. The maximum Gasteiger partial charge on any atom is 0.328 e. The number of carboxylic acid groups (broad SMARTS) is 2. The van der Waals surface area contributed by atoms with Gasteiger partial charge in [0.15, 0.2) is 0 Å². The fraction of sp³-hybridized carbons (Fsp3) is 0.450. The van der Waals surface area contributed by atoms with Gasteiger partial charge in [-0.05, 0) is 51.2 Å². The molecule has 28 heavy (non-hydrogen) atoms. The van der Waals surface area contributed by atoms with Crippen LogP contribution in [0.25, 0.3) is 0 Å². The van der Waals surface area contributed by atoms with Crippen molar-refractivity contribution in [3.05, 3.63) is 47.0 Å². The van der Waals surface area contributed by atoms with Gasteiger partial charge in [0, 0.05) is 41.9 Å². The summed E-state index contributed by atoms with van der Waals surface area (Å²) in [5.41, 5.74) is 0.708. The average molecular weight is 411 g/mol. The molecule has 0 heterocycles. The number of halogens is 1. The summed E-state index contributed by atoms with van der Waals surface area (Å²) >= 11 is 5.88. The van der Waals surface area contributed by atoms with Crippen molar-refractivity contribution in [2.75, 3.05) is 21.1 Å². The molecule has 8 heteroatoms. The van der Waals surface area contributed by atoms with Crippen molar-refractivity contribution in [1.82, 2.24) is 9.80 Å². The average Bonchev–Trinajstić information content (AvgIpc) is 2.66. The van der Waals surface area contributed by atoms with Crippen LogP contribution in [0.1, 0.15) is 36.0 Å². The van der Waals surface area contributed by atoms with Gasteiger partial charge in [-0.2, -0.15) is 0 Å². The molecule has 1 aliphatic carbocycles. The first kappa shape index (κ1) is 23.7. The molecule has 0 aromatic heterocycles. The van der Waals surface area contributed by atoms with E-state index in [4.69, 9.17) is 21.8 Å². The molecule has 1 saturated carbocycles. The van der Waals surface area contributed by atoms with E-state index < -0.39 is 11.9 Å². The second kappa shape index (κ2) is 11.5. The Bertz CT molecular complexity index is 687. The number of carboxylic acids is 2. The van der Waals surface area contributed by atoms with Gasteiger partial charge in [-0.15, -0.1) is 0 Å². The van der Waals surface area contributed by atoms with E-state index in [-0.39, 0.29) is 5.91 Å². The fourth-order valence-corrected chi connectivity index (χ4v) is 3.36. The van der Waals surface area contributed by atoms with E-state index in [0.29, 0.717) is 34.8 Å². The van der Waals surface area contributed by atoms with Crippen molar-refractivity contribution in [2.24, 2.45) is 0 Å². The number of hydrogen-bond acceptors (Lipinski definition) is 4. The Labute approximate surface area is 170 Å². The zero-order valence-corrected chi connectivity index (χ0v) is 17.1. The normalized spacial score (nSPS) is 19.0. The SMILES string of the molecule is CN(C)C1CCCCC1N(C)C(=O)c1ccc(Cl)cc1.O=C(O)/C=C\C(=O)O. The molecule has 2 rings (SSSR count). The third kappa shape index (κ3) is 7.70. The van der Waals surface area contributed by atoms with Crippen LogP contribution in [0, 0.1) is 0 Å². The predicted octanol–water partition coefficient (Wildman–Crippen LogP) is 3.00. The molecular weight excluding hydrogens is 384 g/mol. The van der Waals surface area contributed by atoms with Gasteiger partial charge in [0.25, 0.3) is 5.91 Å². The minimum atomic E-state index is -1.26. The molecule has 0 saturated heterocycles. The lowest BCUT2D eigenvalue weighted by Crippen LogP contribution is -2.51. The van der Waals surface area contributed by atoms with E-state index in [2.05, 4.69) is 19.0 Å². The topological polar surface area (TPSA) is 98.2 Å². The van der Waals surface area contributed by atoms with Crippen molar-refractivity contribution < 1.29 is 24.6 Å². The molecule has 0 radical (unpaired) electrons. The third-order valence-corrected chi connectivity index (χ3v) is 4.89. The number of amides is 1. The number of rotatable bonds is 5. The summed E-state index contributed by atoms with van der Waals surface area (Å²) in [5.74, 6) is -2.43. The van der Waals surface area contributed by atoms with E-state index >= 15 is 0 Å². The summed E-state index contributed by atoms with van der Waals surface area (Å²) in [4.78, 5) is 35.9. The number of carbonyl (C=O) groups excluding carboxylic acids is 1. The van der Waals surface area contributed by atoms with Crippen LogP contribution in [0.4, 0.5) is 0 Å². The molecule has 0 aliphatic heterocycles. The summed E-state index contributed by atoms with van der Waals surface area (Å²) in [6.07, 6.45) is 5.81. The lowest BCUT2D eigenvalue weighted by Gasteiger charge is -2.41. The molecule has 1 fully saturated rings. The first-order valence-corrected chi connectivity index (χ1v) is 9.34. The Kier molecular flexibility index (Phi) is 9.68. The zero-order valence-electron chi connectivity index (χ0n) is 16.3. The summed E-state index contributed by atoms with van der Waals surface area (Å²) in [6, 6.07) is 7.88. The molecule has 7 nitrogen and oxygen atoms in total. The molecule has 1 aliphatic rings. The van der Waals surface area contributed by atoms with Crippen molar-refractivity contribution in [1.29, 1.82) is 0 Å². The number of hydrogen-bond donors (Lipinski definition) is 2. The van der Waals surface area contributed by atoms with E-state index in [1.54, 1.807) is 24.3 Å². The van der Waals surface area contributed by atoms with Crippen LogP contribution in [0.5, 0.6) is 0 Å². The molecule has 2 N–H and O–H groups in total. The summed E-state index contributed by atoms with van der Waals surface area (Å²) in [7, 11) is 6.12. The van der Waals surface area contributed by atoms with Gasteiger partial charge < -0.3 is 20.0 Å². The van der Waals surface area contributed by atoms with Crippen molar-refractivity contribution in [2.45, 2.75) is 37.8 Å². The van der Waals surface area contributed by atoms with Gasteiger partial charge >= 0.3 is 11.9 Å². The standard InChI is InChI=1S/C16H23ClN2O.C4H4O4/c1-18(2)14-6-4-5-7-15(14)19(3)16(20)12-8-10-13(17)11-9-12;5-3(6)1-2-4(7)8/h8-11,14-15H,4-7H2,1-3H3;1-2H,(H,5,6)(H,7,8)/b;2-1-. The van der Waals surface area contributed by atoms with Gasteiger partial charge in [-0.3, -0.25) is 4.79 Å². The second-order valence-electron chi connectivity index (χ2n) is 6.82. The van der Waals surface area contributed by atoms with Crippen LogP contribution in [0.15, 0.2) is 36.4 Å². The summed E-state index contributed by atoms with van der Waals surface area (Å²) in [6.45, 7) is 0. The number of likely N-dealkylation sites (N-methyl/N-ethyl adjacent to an activating group) is 2. The number of aliphatic carboxylic acids is 2. The number of nitrogens with zero attached hydrogens (tertiary/aromatic N) is 2. The van der Waals surface area contributed by atoms with Gasteiger partial charge in [-0.1, -0.05) is 24.4 Å². The fourth-order valence-electron chi connectivity index (χ4n) is 3.24. The van der Waals surface area contributed by atoms with Gasteiger partial charge in [0.2, 0.25) is 0 Å². The van der Waals surface area contributed by atoms with Crippen LogP contribution in [0.3, 0.4) is 0 Å². The Morgan fingerprint density at radius 1 is 0.929 bits per heavy atom. The lowest BCUT2D eigenvalue weighted by atomic mass is 9.88.